The van der Waals surface area contributed by atoms with Gasteiger partial charge in [-0.2, -0.15) is 0 Å². The van der Waals surface area contributed by atoms with Crippen molar-refractivity contribution in [1.82, 2.24) is 15.5 Å². The van der Waals surface area contributed by atoms with Crippen LogP contribution < -0.4 is 10.6 Å². The topological polar surface area (TPSA) is 95.6 Å². The molecular formula is C18H31N3O4. The van der Waals surface area contributed by atoms with E-state index in [-0.39, 0.29) is 23.1 Å². The van der Waals surface area contributed by atoms with E-state index >= 15 is 0 Å². The molecule has 1 fully saturated rings. The van der Waals surface area contributed by atoms with Gasteiger partial charge in [0.1, 0.15) is 0 Å². The number of hydrogen-bond donors (Lipinski definition) is 2. The Morgan fingerprint density at radius 2 is 1.80 bits per heavy atom. The van der Waals surface area contributed by atoms with Crippen LogP contribution in [0.25, 0.3) is 0 Å². The Morgan fingerprint density at radius 3 is 2.36 bits per heavy atom. The van der Waals surface area contributed by atoms with Crippen molar-refractivity contribution in [2.45, 2.75) is 59.3 Å². The summed E-state index contributed by atoms with van der Waals surface area (Å²) in [7, 11) is 0. The first-order chi connectivity index (χ1) is 11.8. The minimum absolute atomic E-state index is 0.0504. The number of nitrogens with zero attached hydrogens (tertiary/aromatic N) is 1. The van der Waals surface area contributed by atoms with Gasteiger partial charge in [0.25, 0.3) is 0 Å². The molecular weight excluding hydrogens is 322 g/mol. The van der Waals surface area contributed by atoms with E-state index in [2.05, 4.69) is 24.5 Å². The first-order valence-corrected chi connectivity index (χ1v) is 9.07. The van der Waals surface area contributed by atoms with E-state index in [0.29, 0.717) is 57.6 Å². The van der Waals surface area contributed by atoms with Crippen molar-refractivity contribution in [2.75, 3.05) is 19.6 Å². The summed E-state index contributed by atoms with van der Waals surface area (Å²) >= 11 is 0. The molecule has 1 rings (SSSR count). The van der Waals surface area contributed by atoms with Gasteiger partial charge in [0.05, 0.1) is 0 Å². The van der Waals surface area contributed by atoms with Crippen LogP contribution in [0.1, 0.15) is 59.3 Å². The summed E-state index contributed by atoms with van der Waals surface area (Å²) in [6.45, 7) is 7.39. The molecule has 0 atom stereocenters. The van der Waals surface area contributed by atoms with Crippen LogP contribution in [0, 0.1) is 11.3 Å². The molecule has 0 radical (unpaired) electrons. The zero-order valence-corrected chi connectivity index (χ0v) is 15.6. The molecule has 0 aromatic rings. The second-order valence-electron chi connectivity index (χ2n) is 7.33. The fourth-order valence-corrected chi connectivity index (χ4v) is 2.89. The Kier molecular flexibility index (Phi) is 8.58. The lowest BCUT2D eigenvalue weighted by Crippen LogP contribution is -2.48. The van der Waals surface area contributed by atoms with E-state index in [1.165, 1.54) is 4.90 Å². The van der Waals surface area contributed by atoms with E-state index in [4.69, 9.17) is 0 Å². The average Bonchev–Trinajstić information content (AvgIpc) is 2.53. The number of carbonyl (C=O) groups excluding carboxylic acids is 4. The third-order valence-corrected chi connectivity index (χ3v) is 5.07. The number of rotatable bonds is 11. The van der Waals surface area contributed by atoms with Crippen molar-refractivity contribution in [2.24, 2.45) is 11.3 Å². The smallest absolute Gasteiger partial charge is 0.229 e. The van der Waals surface area contributed by atoms with Crippen LogP contribution in [0.5, 0.6) is 0 Å². The maximum absolute atomic E-state index is 12.3. The lowest BCUT2D eigenvalue weighted by molar-refractivity contribution is -0.154. The Hall–Kier alpha value is -1.92. The Labute approximate surface area is 149 Å². The summed E-state index contributed by atoms with van der Waals surface area (Å²) in [6.07, 6.45) is 4.08. The highest BCUT2D eigenvalue weighted by molar-refractivity contribution is 5.98. The molecule has 25 heavy (non-hydrogen) atoms. The monoisotopic (exact) mass is 353 g/mol. The fraction of sp³-hybridized carbons (Fsp3) is 0.778. The Morgan fingerprint density at radius 1 is 1.16 bits per heavy atom. The molecule has 1 aliphatic heterocycles. The quantitative estimate of drug-likeness (QED) is 0.332. The lowest BCUT2D eigenvalue weighted by atomic mass is 9.71. The predicted molar refractivity (Wildman–Crippen MR) is 94.4 cm³/mol. The maximum atomic E-state index is 12.3. The normalized spacial score (nSPS) is 16.9. The number of carbonyl (C=O) groups is 4. The van der Waals surface area contributed by atoms with E-state index in [1.807, 2.05) is 6.92 Å². The van der Waals surface area contributed by atoms with Gasteiger partial charge in [-0.1, -0.05) is 27.2 Å². The van der Waals surface area contributed by atoms with Crippen LogP contribution >= 0.6 is 0 Å². The summed E-state index contributed by atoms with van der Waals surface area (Å²) in [5.74, 6) is 0.0917. The van der Waals surface area contributed by atoms with E-state index in [9.17, 15) is 19.2 Å². The first kappa shape index (κ1) is 21.1. The van der Waals surface area contributed by atoms with Gasteiger partial charge in [-0.15, -0.1) is 0 Å². The largest absolute Gasteiger partial charge is 0.357 e. The molecule has 0 aromatic heterocycles. The number of hydrogen-bond acceptors (Lipinski definition) is 4. The zero-order valence-electron chi connectivity index (χ0n) is 15.6. The maximum Gasteiger partial charge on any atom is 0.229 e. The molecule has 7 nitrogen and oxygen atoms in total. The summed E-state index contributed by atoms with van der Waals surface area (Å²) in [4.78, 5) is 47.6. The summed E-state index contributed by atoms with van der Waals surface area (Å²) in [6, 6.07) is 0. The third-order valence-electron chi connectivity index (χ3n) is 5.07. The number of unbranched alkanes of at least 4 members (excludes halogenated alkanes) is 2. The molecule has 2 N–H and O–H groups in total. The highest BCUT2D eigenvalue weighted by atomic mass is 16.2. The van der Waals surface area contributed by atoms with Gasteiger partial charge in [-0.05, 0) is 24.2 Å². The van der Waals surface area contributed by atoms with Crippen molar-refractivity contribution in [1.29, 1.82) is 0 Å². The van der Waals surface area contributed by atoms with Gasteiger partial charge in [-0.25, -0.2) is 0 Å². The van der Waals surface area contributed by atoms with Crippen molar-refractivity contribution in [3.05, 3.63) is 0 Å². The van der Waals surface area contributed by atoms with Gasteiger partial charge in [-0.3, -0.25) is 24.1 Å². The zero-order chi connectivity index (χ0) is 18.9. The Bertz CT molecular complexity index is 473. The molecule has 142 valence electrons. The number of imide groups is 1. The molecule has 0 aliphatic carbocycles. The van der Waals surface area contributed by atoms with E-state index < -0.39 is 0 Å². The van der Waals surface area contributed by atoms with Crippen LogP contribution in [0.4, 0.5) is 0 Å². The van der Waals surface area contributed by atoms with Crippen molar-refractivity contribution < 1.29 is 19.2 Å². The van der Waals surface area contributed by atoms with Gasteiger partial charge >= 0.3 is 0 Å². The van der Waals surface area contributed by atoms with Crippen molar-refractivity contribution >= 4 is 24.1 Å². The molecule has 1 aliphatic rings. The molecule has 1 saturated heterocycles. The van der Waals surface area contributed by atoms with Crippen LogP contribution in [-0.4, -0.2) is 48.7 Å². The van der Waals surface area contributed by atoms with Gasteiger partial charge in [0.15, 0.2) is 0 Å². The predicted octanol–water partition coefficient (Wildman–Crippen LogP) is 1.22. The van der Waals surface area contributed by atoms with Crippen LogP contribution in [0.15, 0.2) is 0 Å². The van der Waals surface area contributed by atoms with E-state index in [1.54, 1.807) is 0 Å². The minimum atomic E-state index is -0.235. The second kappa shape index (κ2) is 10.2. The summed E-state index contributed by atoms with van der Waals surface area (Å²) in [5.41, 5.74) is -0.235. The summed E-state index contributed by atoms with van der Waals surface area (Å²) in [5, 5.41) is 5.19. The van der Waals surface area contributed by atoms with Crippen LogP contribution in [0.2, 0.25) is 0 Å². The van der Waals surface area contributed by atoms with Crippen molar-refractivity contribution in [3.8, 4) is 0 Å². The van der Waals surface area contributed by atoms with Gasteiger partial charge < -0.3 is 10.6 Å². The molecule has 0 aromatic carbocycles. The van der Waals surface area contributed by atoms with Crippen LogP contribution in [-0.2, 0) is 19.2 Å². The van der Waals surface area contributed by atoms with Crippen molar-refractivity contribution in [3.63, 3.8) is 0 Å². The van der Waals surface area contributed by atoms with Crippen LogP contribution in [0.3, 0.4) is 0 Å². The highest BCUT2D eigenvalue weighted by Crippen LogP contribution is 2.39. The molecule has 4 amide bonds. The highest BCUT2D eigenvalue weighted by Gasteiger charge is 2.41. The second-order valence-corrected chi connectivity index (χ2v) is 7.33. The SMILES string of the molecule is CC(C)C1(C)CC(=O)N(CCCCCC(=O)NCCNC=O)C(=O)C1. The minimum Gasteiger partial charge on any atom is -0.357 e. The number of nitrogens with one attached hydrogen (secondary N) is 2. The van der Waals surface area contributed by atoms with Gasteiger partial charge in [0.2, 0.25) is 24.1 Å². The molecule has 0 saturated carbocycles. The third kappa shape index (κ3) is 6.84. The number of piperidine rings is 1. The standard InChI is InChI=1S/C18H31N3O4/c1-14(2)18(3)11-16(24)21(17(25)12-18)10-6-4-5-7-15(23)20-9-8-19-13-22/h13-14H,4-12H2,1-3H3,(H,19,22)(H,20,23). The molecule has 1 heterocycles. The van der Waals surface area contributed by atoms with Gasteiger partial charge in [0, 0.05) is 38.9 Å². The molecule has 0 unspecified atom stereocenters. The lowest BCUT2D eigenvalue weighted by Gasteiger charge is -2.40. The molecule has 0 spiro atoms. The number of amides is 4. The van der Waals surface area contributed by atoms with E-state index in [0.717, 1.165) is 12.8 Å². The first-order valence-electron chi connectivity index (χ1n) is 9.07. The fourth-order valence-electron chi connectivity index (χ4n) is 2.89. The summed E-state index contributed by atoms with van der Waals surface area (Å²) < 4.78 is 0. The molecule has 7 heteroatoms. The number of likely N-dealkylation sites (tertiary alicyclic amines) is 1. The average molecular weight is 353 g/mol. The molecule has 0 bridgehead atoms. The Balaban J connectivity index is 2.22.